The van der Waals surface area contributed by atoms with Gasteiger partial charge in [-0.25, -0.2) is 0 Å². The van der Waals surface area contributed by atoms with Gasteiger partial charge in [-0.2, -0.15) is 0 Å². The second kappa shape index (κ2) is 9.82. The van der Waals surface area contributed by atoms with Gasteiger partial charge >= 0.3 is 0 Å². The van der Waals surface area contributed by atoms with Crippen molar-refractivity contribution in [3.8, 4) is 5.75 Å². The number of nitrogens with zero attached hydrogens (tertiary/aromatic N) is 3. The Labute approximate surface area is 186 Å². The first-order chi connectivity index (χ1) is 15.0. The molecule has 2 aromatic rings. The molecule has 1 aromatic heterocycles. The number of piperidine rings is 1. The predicted molar refractivity (Wildman–Crippen MR) is 123 cm³/mol. The third-order valence-corrected chi connectivity index (χ3v) is 6.75. The number of benzene rings is 1. The number of ether oxygens (including phenoxy) is 1. The van der Waals surface area contributed by atoms with E-state index in [-0.39, 0.29) is 5.91 Å². The van der Waals surface area contributed by atoms with Gasteiger partial charge in [-0.1, -0.05) is 32.0 Å². The van der Waals surface area contributed by atoms with Gasteiger partial charge in [0.25, 0.3) is 0 Å². The van der Waals surface area contributed by atoms with Gasteiger partial charge in [0.15, 0.2) is 0 Å². The summed E-state index contributed by atoms with van der Waals surface area (Å²) in [7, 11) is 0. The van der Waals surface area contributed by atoms with Crippen molar-refractivity contribution in [2.45, 2.75) is 46.1 Å². The van der Waals surface area contributed by atoms with E-state index in [1.54, 1.807) is 12.4 Å². The summed E-state index contributed by atoms with van der Waals surface area (Å²) in [6, 6.07) is 12.3. The molecule has 0 N–H and O–H groups in total. The van der Waals surface area contributed by atoms with Crippen molar-refractivity contribution in [3.05, 3.63) is 59.9 Å². The number of carbonyl (C=O) groups is 1. The minimum Gasteiger partial charge on any atom is -0.493 e. The van der Waals surface area contributed by atoms with Gasteiger partial charge in [-0.05, 0) is 67.4 Å². The van der Waals surface area contributed by atoms with E-state index in [1.165, 1.54) is 18.4 Å². The summed E-state index contributed by atoms with van der Waals surface area (Å²) in [5, 5.41) is 0. The summed E-state index contributed by atoms with van der Waals surface area (Å²) in [4.78, 5) is 21.4. The van der Waals surface area contributed by atoms with Crippen LogP contribution in [0.2, 0.25) is 0 Å². The van der Waals surface area contributed by atoms with Gasteiger partial charge in [-0.3, -0.25) is 14.7 Å². The van der Waals surface area contributed by atoms with Crippen LogP contribution in [-0.4, -0.2) is 53.5 Å². The summed E-state index contributed by atoms with van der Waals surface area (Å²) in [5.74, 6) is 1.79. The highest BCUT2D eigenvalue weighted by molar-refractivity contribution is 5.79. The van der Waals surface area contributed by atoms with E-state index in [1.807, 2.05) is 12.1 Å². The second-order valence-corrected chi connectivity index (χ2v) is 9.69. The molecule has 4 rings (SSSR count). The van der Waals surface area contributed by atoms with E-state index in [2.05, 4.69) is 52.9 Å². The molecule has 1 spiro atoms. The molecule has 0 aliphatic carbocycles. The molecule has 0 saturated carbocycles. The van der Waals surface area contributed by atoms with E-state index in [0.717, 1.165) is 57.1 Å². The van der Waals surface area contributed by atoms with Crippen molar-refractivity contribution in [2.24, 2.45) is 11.3 Å². The minimum absolute atomic E-state index is 0.252. The van der Waals surface area contributed by atoms with Gasteiger partial charge in [0.2, 0.25) is 5.91 Å². The Morgan fingerprint density at radius 1 is 1.06 bits per heavy atom. The average molecular weight is 422 g/mol. The SMILES string of the molecule is CC(C)COc1ccccc1CN1CCC2(CC1)CCN(C(=O)Cc1ccncc1)C2. The Bertz CT molecular complexity index is 860. The number of pyridine rings is 1. The number of hydrogen-bond acceptors (Lipinski definition) is 4. The Morgan fingerprint density at radius 2 is 1.77 bits per heavy atom. The van der Waals surface area contributed by atoms with Crippen molar-refractivity contribution in [1.29, 1.82) is 0 Å². The maximum atomic E-state index is 12.8. The molecule has 0 bridgehead atoms. The number of para-hydroxylation sites is 1. The van der Waals surface area contributed by atoms with E-state index < -0.39 is 0 Å². The zero-order chi connectivity index (χ0) is 21.7. The lowest BCUT2D eigenvalue weighted by Crippen LogP contribution is -2.42. The Hall–Kier alpha value is -2.40. The first kappa shape index (κ1) is 21.8. The number of amides is 1. The lowest BCUT2D eigenvalue weighted by Gasteiger charge is -2.39. The molecular weight excluding hydrogens is 386 g/mol. The van der Waals surface area contributed by atoms with Crippen LogP contribution in [0.4, 0.5) is 0 Å². The summed E-state index contributed by atoms with van der Waals surface area (Å²) in [5.41, 5.74) is 2.63. The minimum atomic E-state index is 0.252. The maximum absolute atomic E-state index is 12.8. The lowest BCUT2D eigenvalue weighted by molar-refractivity contribution is -0.130. The van der Waals surface area contributed by atoms with Crippen LogP contribution < -0.4 is 4.74 Å². The highest BCUT2D eigenvalue weighted by Gasteiger charge is 2.41. The number of hydrogen-bond donors (Lipinski definition) is 0. The average Bonchev–Trinajstić information content (AvgIpc) is 3.19. The van der Waals surface area contributed by atoms with E-state index in [0.29, 0.717) is 17.8 Å². The van der Waals surface area contributed by atoms with Crippen molar-refractivity contribution in [2.75, 3.05) is 32.8 Å². The number of rotatable bonds is 7. The number of carbonyl (C=O) groups excluding carboxylic acids is 1. The van der Waals surface area contributed by atoms with E-state index in [9.17, 15) is 4.79 Å². The monoisotopic (exact) mass is 421 g/mol. The Morgan fingerprint density at radius 3 is 2.52 bits per heavy atom. The predicted octanol–water partition coefficient (Wildman–Crippen LogP) is 4.17. The lowest BCUT2D eigenvalue weighted by atomic mass is 9.77. The van der Waals surface area contributed by atoms with Crippen LogP contribution in [0.1, 0.15) is 44.2 Å². The molecule has 1 aromatic carbocycles. The summed E-state index contributed by atoms with van der Waals surface area (Å²) < 4.78 is 6.05. The molecule has 2 aliphatic rings. The molecule has 0 unspecified atom stereocenters. The smallest absolute Gasteiger partial charge is 0.227 e. The topological polar surface area (TPSA) is 45.7 Å². The Balaban J connectivity index is 1.29. The normalized spacial score (nSPS) is 18.6. The highest BCUT2D eigenvalue weighted by atomic mass is 16.5. The quantitative estimate of drug-likeness (QED) is 0.673. The van der Waals surface area contributed by atoms with Crippen molar-refractivity contribution in [1.82, 2.24) is 14.8 Å². The van der Waals surface area contributed by atoms with Crippen LogP contribution in [0.5, 0.6) is 5.75 Å². The van der Waals surface area contributed by atoms with Crippen molar-refractivity contribution < 1.29 is 9.53 Å². The number of aromatic nitrogens is 1. The first-order valence-electron chi connectivity index (χ1n) is 11.6. The largest absolute Gasteiger partial charge is 0.493 e. The Kier molecular flexibility index (Phi) is 6.91. The summed E-state index contributed by atoms with van der Waals surface area (Å²) in [6.07, 6.45) is 7.47. The zero-order valence-corrected chi connectivity index (χ0v) is 18.9. The molecule has 5 nitrogen and oxygen atoms in total. The third kappa shape index (κ3) is 5.65. The molecular formula is C26H35N3O2. The molecule has 3 heterocycles. The van der Waals surface area contributed by atoms with Gasteiger partial charge < -0.3 is 9.64 Å². The fraction of sp³-hybridized carbons (Fsp3) is 0.538. The van der Waals surface area contributed by atoms with Crippen molar-refractivity contribution in [3.63, 3.8) is 0 Å². The molecule has 1 amide bonds. The van der Waals surface area contributed by atoms with Gasteiger partial charge in [0.1, 0.15) is 5.75 Å². The van der Waals surface area contributed by atoms with Crippen LogP contribution in [0.3, 0.4) is 0 Å². The molecule has 2 saturated heterocycles. The van der Waals surface area contributed by atoms with Gasteiger partial charge in [0, 0.05) is 37.6 Å². The van der Waals surface area contributed by atoms with E-state index >= 15 is 0 Å². The second-order valence-electron chi connectivity index (χ2n) is 9.69. The third-order valence-electron chi connectivity index (χ3n) is 6.75. The molecule has 2 fully saturated rings. The van der Waals surface area contributed by atoms with Crippen LogP contribution in [0.15, 0.2) is 48.8 Å². The van der Waals surface area contributed by atoms with Gasteiger partial charge in [-0.15, -0.1) is 0 Å². The first-order valence-corrected chi connectivity index (χ1v) is 11.6. The fourth-order valence-electron chi connectivity index (χ4n) is 4.80. The molecule has 166 valence electrons. The van der Waals surface area contributed by atoms with Crippen LogP contribution in [0, 0.1) is 11.3 Å². The highest BCUT2D eigenvalue weighted by Crippen LogP contribution is 2.41. The number of likely N-dealkylation sites (tertiary alicyclic amines) is 2. The summed E-state index contributed by atoms with van der Waals surface area (Å²) >= 11 is 0. The van der Waals surface area contributed by atoms with Crippen LogP contribution in [-0.2, 0) is 17.8 Å². The van der Waals surface area contributed by atoms with Crippen molar-refractivity contribution >= 4 is 5.91 Å². The molecule has 0 radical (unpaired) electrons. The molecule has 0 atom stereocenters. The summed E-state index contributed by atoms with van der Waals surface area (Å²) in [6.45, 7) is 10.0. The van der Waals surface area contributed by atoms with Crippen LogP contribution >= 0.6 is 0 Å². The molecule has 5 heteroatoms. The van der Waals surface area contributed by atoms with E-state index in [4.69, 9.17) is 4.74 Å². The zero-order valence-electron chi connectivity index (χ0n) is 18.9. The van der Waals surface area contributed by atoms with Gasteiger partial charge in [0.05, 0.1) is 13.0 Å². The fourth-order valence-corrected chi connectivity index (χ4v) is 4.80. The molecule has 2 aliphatic heterocycles. The standard InChI is InChI=1S/C26H35N3O2/c1-21(2)19-31-24-6-4-3-5-23(24)18-28-14-9-26(10-15-28)11-16-29(20-26)25(30)17-22-7-12-27-13-8-22/h3-8,12-13,21H,9-11,14-20H2,1-2H3. The maximum Gasteiger partial charge on any atom is 0.227 e. The van der Waals surface area contributed by atoms with Crippen LogP contribution in [0.25, 0.3) is 0 Å². The molecule has 31 heavy (non-hydrogen) atoms.